The van der Waals surface area contributed by atoms with Crippen LogP contribution in [-0.4, -0.2) is 20.3 Å². The van der Waals surface area contributed by atoms with E-state index in [0.717, 1.165) is 19.3 Å². The summed E-state index contributed by atoms with van der Waals surface area (Å²) in [6.45, 7) is 1.94. The molecule has 1 saturated carbocycles. The summed E-state index contributed by atoms with van der Waals surface area (Å²) in [6, 6.07) is 11.3. The highest BCUT2D eigenvalue weighted by Crippen LogP contribution is 2.36. The summed E-state index contributed by atoms with van der Waals surface area (Å²) in [4.78, 5) is 25.0. The van der Waals surface area contributed by atoms with Gasteiger partial charge in [0, 0.05) is 11.7 Å². The normalized spacial score (nSPS) is 13.7. The Balaban J connectivity index is 1.55. The second-order valence-electron chi connectivity index (χ2n) is 6.44. The van der Waals surface area contributed by atoms with Gasteiger partial charge in [0.25, 0.3) is 0 Å². The number of carbonyl (C=O) groups is 1. The first-order chi connectivity index (χ1) is 12.7. The van der Waals surface area contributed by atoms with Crippen LogP contribution in [0.25, 0.3) is 11.6 Å². The van der Waals surface area contributed by atoms with Crippen molar-refractivity contribution in [3.63, 3.8) is 0 Å². The zero-order chi connectivity index (χ0) is 18.1. The van der Waals surface area contributed by atoms with E-state index in [4.69, 9.17) is 4.42 Å². The average Bonchev–Trinajstić information content (AvgIpc) is 3.22. The van der Waals surface area contributed by atoms with Crippen molar-refractivity contribution < 1.29 is 9.21 Å². The molecule has 0 bridgehead atoms. The molecular formula is C19H20N4O3. The predicted octanol–water partition coefficient (Wildman–Crippen LogP) is 2.84. The lowest BCUT2D eigenvalue weighted by atomic mass is 10.1. The van der Waals surface area contributed by atoms with Gasteiger partial charge in [-0.25, -0.2) is 9.48 Å². The molecule has 134 valence electrons. The number of anilines is 1. The molecule has 0 unspecified atom stereocenters. The number of furan rings is 1. The van der Waals surface area contributed by atoms with Crippen LogP contribution < -0.4 is 11.0 Å². The smallest absolute Gasteiger partial charge is 0.347 e. The minimum absolute atomic E-state index is 0.137. The lowest BCUT2D eigenvalue weighted by Gasteiger charge is -2.05. The summed E-state index contributed by atoms with van der Waals surface area (Å²) < 4.78 is 8.22. The highest BCUT2D eigenvalue weighted by molar-refractivity contribution is 5.90. The van der Waals surface area contributed by atoms with Crippen LogP contribution in [0.4, 0.5) is 5.69 Å². The van der Waals surface area contributed by atoms with Gasteiger partial charge in [0.1, 0.15) is 6.54 Å². The summed E-state index contributed by atoms with van der Waals surface area (Å²) >= 11 is 0. The number of nitrogens with zero attached hydrogens (tertiary/aromatic N) is 3. The highest BCUT2D eigenvalue weighted by atomic mass is 16.3. The van der Waals surface area contributed by atoms with Crippen LogP contribution in [0, 0.1) is 0 Å². The SMILES string of the molecule is CCc1ccc(NC(=O)Cn2nc(-c3ccco3)n(C3CC3)c2=O)cc1. The van der Waals surface area contributed by atoms with Crippen molar-refractivity contribution in [3.05, 3.63) is 58.7 Å². The molecule has 0 spiro atoms. The molecule has 0 saturated heterocycles. The predicted molar refractivity (Wildman–Crippen MR) is 96.9 cm³/mol. The molecule has 0 aliphatic heterocycles. The van der Waals surface area contributed by atoms with Crippen molar-refractivity contribution in [1.82, 2.24) is 14.3 Å². The third kappa shape index (κ3) is 3.20. The van der Waals surface area contributed by atoms with Crippen molar-refractivity contribution >= 4 is 11.6 Å². The second-order valence-corrected chi connectivity index (χ2v) is 6.44. The van der Waals surface area contributed by atoms with Crippen LogP contribution in [0.3, 0.4) is 0 Å². The highest BCUT2D eigenvalue weighted by Gasteiger charge is 2.31. The van der Waals surface area contributed by atoms with E-state index in [1.165, 1.54) is 10.2 Å². The fourth-order valence-electron chi connectivity index (χ4n) is 2.92. The Morgan fingerprint density at radius 1 is 1.27 bits per heavy atom. The Bertz CT molecular complexity index is 963. The van der Waals surface area contributed by atoms with Gasteiger partial charge in [0.15, 0.2) is 5.76 Å². The average molecular weight is 352 g/mol. The molecule has 1 aliphatic carbocycles. The van der Waals surface area contributed by atoms with E-state index in [1.807, 2.05) is 24.3 Å². The number of hydrogen-bond donors (Lipinski definition) is 1. The molecule has 2 heterocycles. The number of amides is 1. The van der Waals surface area contributed by atoms with Crippen molar-refractivity contribution in [2.75, 3.05) is 5.32 Å². The first-order valence-electron chi connectivity index (χ1n) is 8.77. The Labute approximate surface area is 150 Å². The van der Waals surface area contributed by atoms with Crippen molar-refractivity contribution in [2.24, 2.45) is 0 Å². The quantitative estimate of drug-likeness (QED) is 0.739. The maximum atomic E-state index is 12.7. The van der Waals surface area contributed by atoms with E-state index in [2.05, 4.69) is 17.3 Å². The first kappa shape index (κ1) is 16.4. The van der Waals surface area contributed by atoms with Crippen molar-refractivity contribution in [3.8, 4) is 11.6 Å². The zero-order valence-corrected chi connectivity index (χ0v) is 14.5. The minimum Gasteiger partial charge on any atom is -0.461 e. The molecule has 3 aromatic rings. The third-order valence-corrected chi connectivity index (χ3v) is 4.46. The van der Waals surface area contributed by atoms with E-state index in [9.17, 15) is 9.59 Å². The molecule has 0 radical (unpaired) electrons. The number of carbonyl (C=O) groups excluding carboxylic acids is 1. The monoisotopic (exact) mass is 352 g/mol. The van der Waals surface area contributed by atoms with Gasteiger partial charge in [-0.1, -0.05) is 19.1 Å². The van der Waals surface area contributed by atoms with Crippen LogP contribution in [0.2, 0.25) is 0 Å². The molecule has 1 amide bonds. The lowest BCUT2D eigenvalue weighted by molar-refractivity contribution is -0.117. The van der Waals surface area contributed by atoms with Gasteiger partial charge in [-0.05, 0) is 49.1 Å². The number of rotatable bonds is 6. The molecular weight excluding hydrogens is 332 g/mol. The van der Waals surface area contributed by atoms with E-state index in [-0.39, 0.29) is 24.2 Å². The molecule has 0 atom stereocenters. The van der Waals surface area contributed by atoms with E-state index in [1.54, 1.807) is 23.0 Å². The zero-order valence-electron chi connectivity index (χ0n) is 14.5. The minimum atomic E-state index is -0.289. The largest absolute Gasteiger partial charge is 0.461 e. The Morgan fingerprint density at radius 3 is 2.65 bits per heavy atom. The number of aromatic nitrogens is 3. The van der Waals surface area contributed by atoms with E-state index >= 15 is 0 Å². The number of benzene rings is 1. The molecule has 2 aromatic heterocycles. The van der Waals surface area contributed by atoms with E-state index in [0.29, 0.717) is 17.3 Å². The molecule has 1 aromatic carbocycles. The number of nitrogens with one attached hydrogen (secondary N) is 1. The fourth-order valence-corrected chi connectivity index (χ4v) is 2.92. The van der Waals surface area contributed by atoms with Gasteiger partial charge >= 0.3 is 5.69 Å². The van der Waals surface area contributed by atoms with Crippen LogP contribution in [-0.2, 0) is 17.8 Å². The molecule has 1 fully saturated rings. The number of hydrogen-bond acceptors (Lipinski definition) is 4. The van der Waals surface area contributed by atoms with E-state index < -0.39 is 0 Å². The van der Waals surface area contributed by atoms with Crippen LogP contribution in [0.1, 0.15) is 31.4 Å². The third-order valence-electron chi connectivity index (χ3n) is 4.46. The molecule has 1 N–H and O–H groups in total. The second kappa shape index (κ2) is 6.67. The van der Waals surface area contributed by atoms with Gasteiger partial charge in [-0.15, -0.1) is 5.10 Å². The van der Waals surface area contributed by atoms with Gasteiger partial charge in [0.2, 0.25) is 11.7 Å². The Kier molecular flexibility index (Phi) is 4.20. The summed E-state index contributed by atoms with van der Waals surface area (Å²) in [7, 11) is 0. The molecule has 1 aliphatic rings. The topological polar surface area (TPSA) is 82.1 Å². The molecule has 7 nitrogen and oxygen atoms in total. The van der Waals surface area contributed by atoms with Crippen LogP contribution >= 0.6 is 0 Å². The van der Waals surface area contributed by atoms with Crippen molar-refractivity contribution in [2.45, 2.75) is 38.8 Å². The molecule has 4 rings (SSSR count). The van der Waals surface area contributed by atoms with Gasteiger partial charge in [0.05, 0.1) is 6.26 Å². The Hall–Kier alpha value is -3.09. The fraction of sp³-hybridized carbons (Fsp3) is 0.316. The lowest BCUT2D eigenvalue weighted by Crippen LogP contribution is -2.30. The molecule has 7 heteroatoms. The standard InChI is InChI=1S/C19H20N4O3/c1-2-13-5-7-14(8-6-13)20-17(24)12-22-19(25)23(15-9-10-15)18(21-22)16-4-3-11-26-16/h3-8,11,15H,2,9-10,12H2,1H3,(H,20,24). The number of aryl methyl sites for hydroxylation is 1. The van der Waals surface area contributed by atoms with Crippen LogP contribution in [0.15, 0.2) is 51.9 Å². The summed E-state index contributed by atoms with van der Waals surface area (Å²) in [5, 5.41) is 7.14. The van der Waals surface area contributed by atoms with Gasteiger partial charge in [-0.2, -0.15) is 0 Å². The van der Waals surface area contributed by atoms with Crippen LogP contribution in [0.5, 0.6) is 0 Å². The summed E-state index contributed by atoms with van der Waals surface area (Å²) in [5.74, 6) is 0.716. The Morgan fingerprint density at radius 2 is 2.04 bits per heavy atom. The maximum absolute atomic E-state index is 12.7. The van der Waals surface area contributed by atoms with Gasteiger partial charge < -0.3 is 9.73 Å². The summed E-state index contributed by atoms with van der Waals surface area (Å²) in [6.07, 6.45) is 4.37. The maximum Gasteiger partial charge on any atom is 0.347 e. The van der Waals surface area contributed by atoms with Gasteiger partial charge in [-0.3, -0.25) is 9.36 Å². The molecule has 26 heavy (non-hydrogen) atoms. The first-order valence-corrected chi connectivity index (χ1v) is 8.77. The van der Waals surface area contributed by atoms with Crippen molar-refractivity contribution in [1.29, 1.82) is 0 Å². The summed E-state index contributed by atoms with van der Waals surface area (Å²) in [5.41, 5.74) is 1.62.